The minimum atomic E-state index is -0.00136. The minimum Gasteiger partial charge on any atom is -0.119 e. The molecular formula is C24H49Cl. The number of alkyl halides is 1. The molecule has 0 radical (unpaired) electrons. The van der Waals surface area contributed by atoms with Crippen LogP contribution in [0.3, 0.4) is 0 Å². The molecule has 0 rings (SSSR count). The number of halogens is 1. The molecule has 1 unspecified atom stereocenters. The molecule has 0 heterocycles. The SMILES string of the molecule is CCCCCCCCCCC(Cl)(CCCCCCCCC)C(C)(C)C. The van der Waals surface area contributed by atoms with Crippen LogP contribution in [-0.4, -0.2) is 4.87 Å². The van der Waals surface area contributed by atoms with E-state index < -0.39 is 0 Å². The topological polar surface area (TPSA) is 0 Å². The molecule has 0 aromatic rings. The molecule has 0 saturated heterocycles. The van der Waals surface area contributed by atoms with E-state index in [1.54, 1.807) is 0 Å². The molecule has 0 aromatic heterocycles. The first-order chi connectivity index (χ1) is 11.9. The molecule has 0 fully saturated rings. The Bertz CT molecular complexity index is 278. The Morgan fingerprint density at radius 2 is 0.760 bits per heavy atom. The van der Waals surface area contributed by atoms with Gasteiger partial charge in [0.05, 0.1) is 0 Å². The van der Waals surface area contributed by atoms with Gasteiger partial charge in [-0.2, -0.15) is 0 Å². The van der Waals surface area contributed by atoms with Crippen LogP contribution >= 0.6 is 11.6 Å². The molecule has 0 bridgehead atoms. The Morgan fingerprint density at radius 1 is 0.480 bits per heavy atom. The lowest BCUT2D eigenvalue weighted by molar-refractivity contribution is 0.231. The highest BCUT2D eigenvalue weighted by molar-refractivity contribution is 6.24. The van der Waals surface area contributed by atoms with E-state index in [-0.39, 0.29) is 10.3 Å². The molecule has 0 saturated carbocycles. The van der Waals surface area contributed by atoms with Crippen molar-refractivity contribution < 1.29 is 0 Å². The van der Waals surface area contributed by atoms with Crippen molar-refractivity contribution in [2.24, 2.45) is 5.41 Å². The summed E-state index contributed by atoms with van der Waals surface area (Å²) >= 11 is 7.16. The van der Waals surface area contributed by atoms with Gasteiger partial charge < -0.3 is 0 Å². The fourth-order valence-corrected chi connectivity index (χ4v) is 4.04. The van der Waals surface area contributed by atoms with Gasteiger partial charge in [0, 0.05) is 4.87 Å². The zero-order chi connectivity index (χ0) is 19.0. The lowest BCUT2D eigenvalue weighted by Gasteiger charge is -2.40. The monoisotopic (exact) mass is 372 g/mol. The molecule has 0 spiro atoms. The summed E-state index contributed by atoms with van der Waals surface area (Å²) in [7, 11) is 0. The van der Waals surface area contributed by atoms with Crippen LogP contribution in [0.2, 0.25) is 0 Å². The second kappa shape index (κ2) is 15.4. The smallest absolute Gasteiger partial charge is 0.0495 e. The highest BCUT2D eigenvalue weighted by Gasteiger charge is 2.38. The zero-order valence-electron chi connectivity index (χ0n) is 18.4. The predicted octanol–water partition coefficient (Wildman–Crippen LogP) is 9.68. The van der Waals surface area contributed by atoms with Crippen molar-refractivity contribution >= 4 is 11.6 Å². The molecule has 25 heavy (non-hydrogen) atoms. The highest BCUT2D eigenvalue weighted by Crippen LogP contribution is 2.44. The molecule has 152 valence electrons. The quantitative estimate of drug-likeness (QED) is 0.176. The zero-order valence-corrected chi connectivity index (χ0v) is 19.2. The predicted molar refractivity (Wildman–Crippen MR) is 118 cm³/mol. The fourth-order valence-electron chi connectivity index (χ4n) is 3.78. The Labute approximate surface area is 165 Å². The fraction of sp³-hybridized carbons (Fsp3) is 1.00. The van der Waals surface area contributed by atoms with E-state index in [9.17, 15) is 0 Å². The second-order valence-electron chi connectivity index (χ2n) is 9.31. The highest BCUT2D eigenvalue weighted by atomic mass is 35.5. The molecule has 0 amide bonds. The van der Waals surface area contributed by atoms with Crippen LogP contribution in [0.25, 0.3) is 0 Å². The van der Waals surface area contributed by atoms with Crippen LogP contribution in [-0.2, 0) is 0 Å². The van der Waals surface area contributed by atoms with Crippen molar-refractivity contribution in [1.82, 2.24) is 0 Å². The van der Waals surface area contributed by atoms with Crippen molar-refractivity contribution in [3.8, 4) is 0 Å². The number of hydrogen-bond acceptors (Lipinski definition) is 0. The summed E-state index contributed by atoms with van der Waals surface area (Å²) in [5, 5.41) is 0. The summed E-state index contributed by atoms with van der Waals surface area (Å²) < 4.78 is 0. The van der Waals surface area contributed by atoms with Crippen LogP contribution in [0.4, 0.5) is 0 Å². The Kier molecular flexibility index (Phi) is 15.5. The standard InChI is InChI=1S/C24H49Cl/c1-6-8-10-12-14-16-18-20-22-24(25,23(3,4)5)21-19-17-15-13-11-9-7-2/h6-22H2,1-5H3. The van der Waals surface area contributed by atoms with Gasteiger partial charge in [0.15, 0.2) is 0 Å². The molecule has 0 nitrogen and oxygen atoms in total. The summed E-state index contributed by atoms with van der Waals surface area (Å²) in [6.45, 7) is 11.6. The molecule has 0 aliphatic carbocycles. The van der Waals surface area contributed by atoms with Crippen LogP contribution in [0.1, 0.15) is 144 Å². The van der Waals surface area contributed by atoms with Gasteiger partial charge in [-0.15, -0.1) is 11.6 Å². The normalized spacial score (nSPS) is 14.6. The Hall–Kier alpha value is 0.290. The molecule has 0 aliphatic heterocycles. The van der Waals surface area contributed by atoms with Gasteiger partial charge in [0.2, 0.25) is 0 Å². The Morgan fingerprint density at radius 3 is 1.04 bits per heavy atom. The summed E-state index contributed by atoms with van der Waals surface area (Å²) in [4.78, 5) is -0.00136. The summed E-state index contributed by atoms with van der Waals surface area (Å²) in [6.07, 6.45) is 23.2. The summed E-state index contributed by atoms with van der Waals surface area (Å²) in [6, 6.07) is 0. The van der Waals surface area contributed by atoms with Gasteiger partial charge >= 0.3 is 0 Å². The maximum Gasteiger partial charge on any atom is 0.0495 e. The first-order valence-corrected chi connectivity index (χ1v) is 11.9. The van der Waals surface area contributed by atoms with Gasteiger partial charge in [-0.25, -0.2) is 0 Å². The first-order valence-electron chi connectivity index (χ1n) is 11.6. The van der Waals surface area contributed by atoms with Gasteiger partial charge in [0.1, 0.15) is 0 Å². The maximum absolute atomic E-state index is 7.16. The Balaban J connectivity index is 3.93. The molecule has 0 aliphatic rings. The van der Waals surface area contributed by atoms with Crippen molar-refractivity contribution in [1.29, 1.82) is 0 Å². The van der Waals surface area contributed by atoms with E-state index in [0.717, 1.165) is 0 Å². The molecule has 1 atom stereocenters. The van der Waals surface area contributed by atoms with Crippen molar-refractivity contribution in [2.45, 2.75) is 149 Å². The average Bonchev–Trinajstić information content (AvgIpc) is 2.55. The number of unbranched alkanes of at least 4 members (excludes halogenated alkanes) is 13. The largest absolute Gasteiger partial charge is 0.119 e. The van der Waals surface area contributed by atoms with E-state index in [0.29, 0.717) is 0 Å². The van der Waals surface area contributed by atoms with E-state index in [1.807, 2.05) is 0 Å². The van der Waals surface area contributed by atoms with E-state index in [2.05, 4.69) is 34.6 Å². The van der Waals surface area contributed by atoms with Crippen molar-refractivity contribution in [3.63, 3.8) is 0 Å². The van der Waals surface area contributed by atoms with Crippen LogP contribution in [0, 0.1) is 5.41 Å². The maximum atomic E-state index is 7.16. The summed E-state index contributed by atoms with van der Waals surface area (Å²) in [5.41, 5.74) is 0.206. The van der Waals surface area contributed by atoms with Gasteiger partial charge in [-0.1, -0.05) is 131 Å². The van der Waals surface area contributed by atoms with Crippen LogP contribution in [0.15, 0.2) is 0 Å². The molecule has 0 aromatic carbocycles. The number of hydrogen-bond donors (Lipinski definition) is 0. The third-order valence-corrected chi connectivity index (χ3v) is 6.89. The van der Waals surface area contributed by atoms with Gasteiger partial charge in [0.25, 0.3) is 0 Å². The molecule has 1 heteroatoms. The lowest BCUT2D eigenvalue weighted by Crippen LogP contribution is -2.37. The van der Waals surface area contributed by atoms with E-state index in [4.69, 9.17) is 11.6 Å². The number of rotatable bonds is 17. The van der Waals surface area contributed by atoms with E-state index >= 15 is 0 Å². The lowest BCUT2D eigenvalue weighted by atomic mass is 9.74. The second-order valence-corrected chi connectivity index (χ2v) is 10.0. The average molecular weight is 373 g/mol. The molecular weight excluding hydrogens is 324 g/mol. The van der Waals surface area contributed by atoms with Gasteiger partial charge in [-0.3, -0.25) is 0 Å². The van der Waals surface area contributed by atoms with Crippen LogP contribution in [0.5, 0.6) is 0 Å². The van der Waals surface area contributed by atoms with Crippen LogP contribution < -0.4 is 0 Å². The third-order valence-electron chi connectivity index (χ3n) is 5.95. The minimum absolute atomic E-state index is 0.00136. The first kappa shape index (κ1) is 25.3. The van der Waals surface area contributed by atoms with Crippen molar-refractivity contribution in [2.75, 3.05) is 0 Å². The summed E-state index contributed by atoms with van der Waals surface area (Å²) in [5.74, 6) is 0. The van der Waals surface area contributed by atoms with Crippen molar-refractivity contribution in [3.05, 3.63) is 0 Å². The molecule has 0 N–H and O–H groups in total. The third kappa shape index (κ3) is 13.2. The van der Waals surface area contributed by atoms with Gasteiger partial charge in [-0.05, 0) is 18.3 Å². The van der Waals surface area contributed by atoms with E-state index in [1.165, 1.54) is 109 Å².